The molecule has 1 saturated heterocycles. The summed E-state index contributed by atoms with van der Waals surface area (Å²) in [5.74, 6) is 2.25. The first kappa shape index (κ1) is 23.8. The lowest BCUT2D eigenvalue weighted by atomic mass is 10.0. The summed E-state index contributed by atoms with van der Waals surface area (Å²) in [7, 11) is 0. The smallest absolute Gasteiger partial charge is 0.269 e. The lowest BCUT2D eigenvalue weighted by molar-refractivity contribution is -0.384. The van der Waals surface area contributed by atoms with E-state index in [1.165, 1.54) is 23.5 Å². The standard InChI is InChI=1S/C25H29N5O3S/c1-17(2)15-23-26-18(3)21(16-19-6-8-20(9-7-19)30(32)33)24(27-23)28-10-12-29(13-11-28)25(31)22-5-4-14-34-22/h4-9,14,17H,10-13,15-16H2,1-3H3. The fraction of sp³-hybridized carbons (Fsp3) is 0.400. The zero-order valence-corrected chi connectivity index (χ0v) is 20.5. The van der Waals surface area contributed by atoms with E-state index in [2.05, 4.69) is 18.7 Å². The SMILES string of the molecule is Cc1nc(CC(C)C)nc(N2CCN(C(=O)c3cccs3)CC2)c1Cc1ccc([N+](=O)[O-])cc1. The van der Waals surface area contributed by atoms with Gasteiger partial charge in [-0.05, 0) is 29.9 Å². The molecule has 0 aliphatic carbocycles. The topological polar surface area (TPSA) is 92.5 Å². The predicted molar refractivity (Wildman–Crippen MR) is 134 cm³/mol. The number of non-ortho nitro benzene ring substituents is 1. The van der Waals surface area contributed by atoms with Gasteiger partial charge in [0.25, 0.3) is 11.6 Å². The molecule has 0 bridgehead atoms. The Kier molecular flexibility index (Phi) is 7.21. The van der Waals surface area contributed by atoms with Crippen LogP contribution in [0, 0.1) is 23.0 Å². The van der Waals surface area contributed by atoms with Gasteiger partial charge in [0.2, 0.25) is 0 Å². The fourth-order valence-electron chi connectivity index (χ4n) is 4.18. The molecule has 1 aromatic carbocycles. The minimum absolute atomic E-state index is 0.0794. The average molecular weight is 480 g/mol. The number of piperazine rings is 1. The molecule has 0 atom stereocenters. The van der Waals surface area contributed by atoms with Crippen LogP contribution in [-0.2, 0) is 12.8 Å². The predicted octanol–water partition coefficient (Wildman–Crippen LogP) is 4.51. The quantitative estimate of drug-likeness (QED) is 0.366. The van der Waals surface area contributed by atoms with Crippen LogP contribution >= 0.6 is 11.3 Å². The number of hydrogen-bond donors (Lipinski definition) is 0. The molecule has 3 aromatic rings. The molecule has 4 rings (SSSR count). The number of benzene rings is 1. The minimum atomic E-state index is -0.388. The van der Waals surface area contributed by atoms with Crippen molar-refractivity contribution in [2.24, 2.45) is 5.92 Å². The van der Waals surface area contributed by atoms with E-state index in [1.807, 2.05) is 29.3 Å². The van der Waals surface area contributed by atoms with E-state index in [4.69, 9.17) is 9.97 Å². The van der Waals surface area contributed by atoms with Crippen molar-refractivity contribution in [2.75, 3.05) is 31.1 Å². The van der Waals surface area contributed by atoms with E-state index < -0.39 is 0 Å². The van der Waals surface area contributed by atoms with Crippen LogP contribution in [0.2, 0.25) is 0 Å². The maximum absolute atomic E-state index is 12.8. The number of nitro groups is 1. The Hall–Kier alpha value is -3.33. The Morgan fingerprint density at radius 1 is 1.12 bits per heavy atom. The van der Waals surface area contributed by atoms with Crippen LogP contribution in [0.4, 0.5) is 11.5 Å². The van der Waals surface area contributed by atoms with E-state index >= 15 is 0 Å². The highest BCUT2D eigenvalue weighted by Gasteiger charge is 2.26. The largest absolute Gasteiger partial charge is 0.353 e. The maximum Gasteiger partial charge on any atom is 0.269 e. The highest BCUT2D eigenvalue weighted by Crippen LogP contribution is 2.27. The van der Waals surface area contributed by atoms with Gasteiger partial charge in [-0.15, -0.1) is 11.3 Å². The second-order valence-electron chi connectivity index (χ2n) is 8.98. The van der Waals surface area contributed by atoms with Crippen LogP contribution < -0.4 is 4.90 Å². The summed E-state index contributed by atoms with van der Waals surface area (Å²) in [5.41, 5.74) is 3.01. The third kappa shape index (κ3) is 5.41. The zero-order valence-electron chi connectivity index (χ0n) is 19.7. The van der Waals surface area contributed by atoms with E-state index in [9.17, 15) is 14.9 Å². The van der Waals surface area contributed by atoms with E-state index in [0.29, 0.717) is 38.5 Å². The summed E-state index contributed by atoms with van der Waals surface area (Å²) in [5, 5.41) is 12.9. The van der Waals surface area contributed by atoms with Gasteiger partial charge < -0.3 is 9.80 Å². The van der Waals surface area contributed by atoms with Gasteiger partial charge in [0.1, 0.15) is 11.6 Å². The number of anilines is 1. The Bertz CT molecular complexity index is 1150. The number of aryl methyl sites for hydroxylation is 1. The van der Waals surface area contributed by atoms with Gasteiger partial charge in [0.15, 0.2) is 0 Å². The number of carbonyl (C=O) groups excluding carboxylic acids is 1. The molecular weight excluding hydrogens is 450 g/mol. The van der Waals surface area contributed by atoms with Crippen LogP contribution in [0.15, 0.2) is 41.8 Å². The summed E-state index contributed by atoms with van der Waals surface area (Å²) in [6.45, 7) is 8.97. The highest BCUT2D eigenvalue weighted by molar-refractivity contribution is 7.12. The monoisotopic (exact) mass is 479 g/mol. The van der Waals surface area contributed by atoms with Crippen LogP contribution in [0.3, 0.4) is 0 Å². The molecule has 2 aromatic heterocycles. The molecule has 1 amide bonds. The number of hydrogen-bond acceptors (Lipinski definition) is 7. The molecular formula is C25H29N5O3S. The van der Waals surface area contributed by atoms with Gasteiger partial charge in [-0.25, -0.2) is 9.97 Å². The van der Waals surface area contributed by atoms with Crippen LogP contribution in [-0.4, -0.2) is 51.9 Å². The third-order valence-electron chi connectivity index (χ3n) is 5.96. The van der Waals surface area contributed by atoms with Gasteiger partial charge >= 0.3 is 0 Å². The van der Waals surface area contributed by atoms with Gasteiger partial charge in [0.05, 0.1) is 9.80 Å². The summed E-state index contributed by atoms with van der Waals surface area (Å²) in [6, 6.07) is 10.4. The first-order chi connectivity index (χ1) is 16.3. The number of carbonyl (C=O) groups is 1. The van der Waals surface area contributed by atoms with Crippen molar-refractivity contribution < 1.29 is 9.72 Å². The van der Waals surface area contributed by atoms with Gasteiger partial charge in [-0.3, -0.25) is 14.9 Å². The fourth-order valence-corrected chi connectivity index (χ4v) is 4.87. The van der Waals surface area contributed by atoms with Gasteiger partial charge in [-0.2, -0.15) is 0 Å². The Morgan fingerprint density at radius 2 is 1.82 bits per heavy atom. The normalized spacial score (nSPS) is 14.0. The van der Waals surface area contributed by atoms with E-state index in [1.54, 1.807) is 12.1 Å². The summed E-state index contributed by atoms with van der Waals surface area (Å²) < 4.78 is 0. The molecule has 9 heteroatoms. The third-order valence-corrected chi connectivity index (χ3v) is 6.81. The van der Waals surface area contributed by atoms with Crippen LogP contribution in [0.25, 0.3) is 0 Å². The van der Waals surface area contributed by atoms with Crippen molar-refractivity contribution in [3.63, 3.8) is 0 Å². The van der Waals surface area contributed by atoms with Crippen molar-refractivity contribution >= 4 is 28.7 Å². The maximum atomic E-state index is 12.8. The molecule has 0 unspecified atom stereocenters. The molecule has 0 N–H and O–H groups in total. The summed E-state index contributed by atoms with van der Waals surface area (Å²) in [4.78, 5) is 38.0. The van der Waals surface area contributed by atoms with Gasteiger partial charge in [-0.1, -0.05) is 32.0 Å². The zero-order chi connectivity index (χ0) is 24.2. The minimum Gasteiger partial charge on any atom is -0.353 e. The number of thiophene rings is 1. The van der Waals surface area contributed by atoms with Crippen LogP contribution in [0.1, 0.15) is 46.2 Å². The Morgan fingerprint density at radius 3 is 2.41 bits per heavy atom. The molecule has 0 saturated carbocycles. The lowest BCUT2D eigenvalue weighted by Gasteiger charge is -2.36. The van der Waals surface area contributed by atoms with E-state index in [0.717, 1.165) is 39.8 Å². The molecule has 8 nitrogen and oxygen atoms in total. The molecule has 178 valence electrons. The van der Waals surface area contributed by atoms with Gasteiger partial charge in [0, 0.05) is 62.4 Å². The number of aromatic nitrogens is 2. The Balaban J connectivity index is 1.58. The average Bonchev–Trinajstić information content (AvgIpc) is 3.35. The van der Waals surface area contributed by atoms with Crippen molar-refractivity contribution in [3.8, 4) is 0 Å². The molecule has 3 heterocycles. The highest BCUT2D eigenvalue weighted by atomic mass is 32.1. The first-order valence-corrected chi connectivity index (χ1v) is 12.4. The van der Waals surface area contributed by atoms with Crippen molar-refractivity contribution in [1.29, 1.82) is 0 Å². The summed E-state index contributed by atoms with van der Waals surface area (Å²) in [6.07, 6.45) is 1.39. The number of rotatable bonds is 7. The summed E-state index contributed by atoms with van der Waals surface area (Å²) >= 11 is 1.47. The number of nitrogens with zero attached hydrogens (tertiary/aromatic N) is 5. The Labute approximate surface area is 203 Å². The van der Waals surface area contributed by atoms with Crippen molar-refractivity contribution in [1.82, 2.24) is 14.9 Å². The van der Waals surface area contributed by atoms with Crippen molar-refractivity contribution in [2.45, 2.75) is 33.6 Å². The number of amides is 1. The second kappa shape index (κ2) is 10.3. The molecule has 34 heavy (non-hydrogen) atoms. The molecule has 0 spiro atoms. The molecule has 1 aliphatic heterocycles. The number of nitro benzene ring substituents is 1. The first-order valence-electron chi connectivity index (χ1n) is 11.5. The molecule has 1 aliphatic rings. The molecule has 1 fully saturated rings. The van der Waals surface area contributed by atoms with Crippen LogP contribution in [0.5, 0.6) is 0 Å². The van der Waals surface area contributed by atoms with E-state index in [-0.39, 0.29) is 16.5 Å². The lowest BCUT2D eigenvalue weighted by Crippen LogP contribution is -2.49. The van der Waals surface area contributed by atoms with Crippen molar-refractivity contribution in [3.05, 3.63) is 79.4 Å². The molecule has 0 radical (unpaired) electrons. The second-order valence-corrected chi connectivity index (χ2v) is 9.93.